The zero-order valence-electron chi connectivity index (χ0n) is 15.2. The number of nitrogens with one attached hydrogen (secondary N) is 1. The van der Waals surface area contributed by atoms with Crippen LogP contribution in [0.25, 0.3) is 0 Å². The maximum atomic E-state index is 13.5. The normalized spacial score (nSPS) is 14.6. The molecule has 7 nitrogen and oxygen atoms in total. The van der Waals surface area contributed by atoms with Crippen molar-refractivity contribution >= 4 is 39.2 Å². The highest BCUT2D eigenvalue weighted by Gasteiger charge is 2.30. The van der Waals surface area contributed by atoms with Crippen LogP contribution < -0.4 is 5.32 Å². The molecule has 1 aliphatic rings. The summed E-state index contributed by atoms with van der Waals surface area (Å²) in [5.41, 5.74) is -0.107. The molecular weight excluding hydrogens is 423 g/mol. The van der Waals surface area contributed by atoms with E-state index in [1.165, 1.54) is 34.6 Å². The predicted molar refractivity (Wildman–Crippen MR) is 105 cm³/mol. The van der Waals surface area contributed by atoms with Crippen LogP contribution in [0, 0.1) is 5.82 Å². The van der Waals surface area contributed by atoms with Crippen LogP contribution in [0.15, 0.2) is 47.4 Å². The van der Waals surface area contributed by atoms with Gasteiger partial charge in [0.25, 0.3) is 5.91 Å². The molecule has 10 heteroatoms. The molecule has 29 heavy (non-hydrogen) atoms. The van der Waals surface area contributed by atoms with Crippen LogP contribution >= 0.6 is 11.6 Å². The maximum Gasteiger partial charge on any atom is 0.338 e. The van der Waals surface area contributed by atoms with E-state index in [9.17, 15) is 22.4 Å². The highest BCUT2D eigenvalue weighted by Crippen LogP contribution is 2.28. The average molecular weight is 441 g/mol. The number of ether oxygens (including phenoxy) is 1. The molecule has 0 atom stereocenters. The van der Waals surface area contributed by atoms with Crippen LogP contribution in [0.5, 0.6) is 0 Å². The molecule has 3 rings (SSSR count). The first kappa shape index (κ1) is 21.2. The van der Waals surface area contributed by atoms with Gasteiger partial charge < -0.3 is 10.1 Å². The van der Waals surface area contributed by atoms with Gasteiger partial charge >= 0.3 is 5.97 Å². The Labute approximate surface area is 172 Å². The van der Waals surface area contributed by atoms with Gasteiger partial charge in [-0.2, -0.15) is 4.31 Å². The number of anilines is 1. The second-order valence-electron chi connectivity index (χ2n) is 6.36. The van der Waals surface area contributed by atoms with Crippen molar-refractivity contribution in [2.24, 2.45) is 0 Å². The zero-order valence-corrected chi connectivity index (χ0v) is 16.8. The molecule has 2 aromatic carbocycles. The van der Waals surface area contributed by atoms with Gasteiger partial charge in [0.15, 0.2) is 6.61 Å². The number of para-hydroxylation sites is 1. The van der Waals surface area contributed by atoms with E-state index in [2.05, 4.69) is 5.32 Å². The van der Waals surface area contributed by atoms with Crippen molar-refractivity contribution in [3.63, 3.8) is 0 Å². The van der Waals surface area contributed by atoms with Crippen LogP contribution in [-0.4, -0.2) is 44.3 Å². The van der Waals surface area contributed by atoms with Gasteiger partial charge in [-0.15, -0.1) is 0 Å². The van der Waals surface area contributed by atoms with Crippen LogP contribution in [0.3, 0.4) is 0 Å². The second kappa shape index (κ2) is 8.89. The fraction of sp³-hybridized carbons (Fsp3) is 0.263. The number of halogens is 2. The summed E-state index contributed by atoms with van der Waals surface area (Å²) in [5, 5.41) is 2.28. The monoisotopic (exact) mass is 440 g/mol. The predicted octanol–water partition coefficient (Wildman–Crippen LogP) is 3.06. The fourth-order valence-electron chi connectivity index (χ4n) is 2.86. The van der Waals surface area contributed by atoms with E-state index in [4.69, 9.17) is 16.3 Å². The number of amides is 1. The minimum absolute atomic E-state index is 0.00857. The molecule has 2 aromatic rings. The highest BCUT2D eigenvalue weighted by molar-refractivity contribution is 7.89. The summed E-state index contributed by atoms with van der Waals surface area (Å²) in [5.74, 6) is -2.26. The Kier molecular flexibility index (Phi) is 6.51. The van der Waals surface area contributed by atoms with E-state index in [1.54, 1.807) is 6.07 Å². The van der Waals surface area contributed by atoms with Gasteiger partial charge in [0, 0.05) is 13.1 Å². The van der Waals surface area contributed by atoms with Gasteiger partial charge in [-0.05, 0) is 43.2 Å². The lowest BCUT2D eigenvalue weighted by Crippen LogP contribution is -2.28. The SMILES string of the molecule is O=C(COC(=O)c1ccc(Cl)c(S(=O)(=O)N2CCCC2)c1)Nc1ccccc1F. The van der Waals surface area contributed by atoms with Crippen molar-refractivity contribution in [3.05, 3.63) is 58.9 Å². The second-order valence-corrected chi connectivity index (χ2v) is 8.67. The number of sulfonamides is 1. The summed E-state index contributed by atoms with van der Waals surface area (Å²) in [4.78, 5) is 23.9. The molecule has 1 aliphatic heterocycles. The molecular formula is C19H18ClFN2O5S. The van der Waals surface area contributed by atoms with Crippen molar-refractivity contribution in [1.82, 2.24) is 4.31 Å². The maximum absolute atomic E-state index is 13.5. The van der Waals surface area contributed by atoms with Gasteiger partial charge in [-0.1, -0.05) is 23.7 Å². The van der Waals surface area contributed by atoms with Crippen molar-refractivity contribution in [2.75, 3.05) is 25.0 Å². The standard InChI is InChI=1S/C19H18ClFN2O5S/c20-14-8-7-13(11-17(14)29(26,27)23-9-3-4-10-23)19(25)28-12-18(24)22-16-6-2-1-5-15(16)21/h1-2,5-8,11H,3-4,9-10,12H2,(H,22,24). The first-order chi connectivity index (χ1) is 13.8. The van der Waals surface area contributed by atoms with Crippen molar-refractivity contribution in [3.8, 4) is 0 Å². The highest BCUT2D eigenvalue weighted by atomic mass is 35.5. The van der Waals surface area contributed by atoms with E-state index in [1.807, 2.05) is 0 Å². The van der Waals surface area contributed by atoms with Crippen LogP contribution in [0.4, 0.5) is 10.1 Å². The minimum Gasteiger partial charge on any atom is -0.452 e. The van der Waals surface area contributed by atoms with Crippen molar-refractivity contribution in [2.45, 2.75) is 17.7 Å². The third kappa shape index (κ3) is 4.92. The third-order valence-electron chi connectivity index (χ3n) is 4.33. The Hall–Kier alpha value is -2.49. The molecule has 1 fully saturated rings. The van der Waals surface area contributed by atoms with Crippen LogP contribution in [0.1, 0.15) is 23.2 Å². The molecule has 0 saturated carbocycles. The number of esters is 1. The Morgan fingerprint density at radius 2 is 1.83 bits per heavy atom. The first-order valence-electron chi connectivity index (χ1n) is 8.80. The van der Waals surface area contributed by atoms with Gasteiger partial charge in [0.2, 0.25) is 10.0 Å². The molecule has 1 amide bonds. The number of rotatable bonds is 6. The average Bonchev–Trinajstić information content (AvgIpc) is 3.24. The molecule has 1 N–H and O–H groups in total. The minimum atomic E-state index is -3.83. The molecule has 1 saturated heterocycles. The van der Waals surface area contributed by atoms with Crippen LogP contribution in [0.2, 0.25) is 5.02 Å². The molecule has 0 radical (unpaired) electrons. The van der Waals surface area contributed by atoms with Crippen molar-refractivity contribution < 1.29 is 27.1 Å². The molecule has 0 unspecified atom stereocenters. The van der Waals surface area contributed by atoms with E-state index < -0.39 is 34.3 Å². The summed E-state index contributed by atoms with van der Waals surface area (Å²) in [6.45, 7) is 0.122. The lowest BCUT2D eigenvalue weighted by molar-refractivity contribution is -0.119. The molecule has 0 aliphatic carbocycles. The lowest BCUT2D eigenvalue weighted by Gasteiger charge is -2.17. The molecule has 0 spiro atoms. The number of benzene rings is 2. The summed E-state index contributed by atoms with van der Waals surface area (Å²) in [6.07, 6.45) is 1.52. The number of carbonyl (C=O) groups excluding carboxylic acids is 2. The summed E-state index contributed by atoms with van der Waals surface area (Å²) < 4.78 is 45.2. The largest absolute Gasteiger partial charge is 0.452 e. The van der Waals surface area contributed by atoms with Gasteiger partial charge in [-0.25, -0.2) is 17.6 Å². The summed E-state index contributed by atoms with van der Waals surface area (Å²) >= 11 is 6.04. The van der Waals surface area contributed by atoms with Crippen LogP contribution in [-0.2, 0) is 19.6 Å². The Morgan fingerprint density at radius 3 is 2.52 bits per heavy atom. The summed E-state index contributed by atoms with van der Waals surface area (Å²) in [7, 11) is -3.83. The Balaban J connectivity index is 1.68. The quantitative estimate of drug-likeness (QED) is 0.697. The van der Waals surface area contributed by atoms with Gasteiger partial charge in [-0.3, -0.25) is 4.79 Å². The smallest absolute Gasteiger partial charge is 0.338 e. The number of hydrogen-bond acceptors (Lipinski definition) is 5. The number of nitrogens with zero attached hydrogens (tertiary/aromatic N) is 1. The number of carbonyl (C=O) groups is 2. The lowest BCUT2D eigenvalue weighted by atomic mass is 10.2. The molecule has 0 bridgehead atoms. The van der Waals surface area contributed by atoms with E-state index in [0.29, 0.717) is 13.1 Å². The van der Waals surface area contributed by atoms with Gasteiger partial charge in [0.1, 0.15) is 10.7 Å². The van der Waals surface area contributed by atoms with Crippen molar-refractivity contribution in [1.29, 1.82) is 0 Å². The van der Waals surface area contributed by atoms with E-state index in [-0.39, 0.29) is 21.2 Å². The topological polar surface area (TPSA) is 92.8 Å². The molecule has 154 valence electrons. The third-order valence-corrected chi connectivity index (χ3v) is 6.71. The number of hydrogen-bond donors (Lipinski definition) is 1. The Bertz CT molecular complexity index is 1040. The molecule has 0 aromatic heterocycles. The van der Waals surface area contributed by atoms with E-state index in [0.717, 1.165) is 18.9 Å². The Morgan fingerprint density at radius 1 is 1.14 bits per heavy atom. The fourth-order valence-corrected chi connectivity index (χ4v) is 4.88. The molecule has 1 heterocycles. The summed E-state index contributed by atoms with van der Waals surface area (Å²) in [6, 6.07) is 9.29. The zero-order chi connectivity index (χ0) is 21.0. The first-order valence-corrected chi connectivity index (χ1v) is 10.6. The van der Waals surface area contributed by atoms with Gasteiger partial charge in [0.05, 0.1) is 16.3 Å². The van der Waals surface area contributed by atoms with E-state index >= 15 is 0 Å².